The molecule has 0 aliphatic heterocycles. The fourth-order valence-electron chi connectivity index (χ4n) is 12.7. The Bertz CT molecular complexity index is 2090. The summed E-state index contributed by atoms with van der Waals surface area (Å²) in [7, 11) is -9.94. The average Bonchev–Trinajstić information content (AvgIpc) is 0.904. The lowest BCUT2D eigenvalue weighted by Crippen LogP contribution is -2.30. The van der Waals surface area contributed by atoms with Gasteiger partial charge in [-0.05, 0) is 63.2 Å². The molecule has 0 aliphatic rings. The second kappa shape index (κ2) is 75.9. The van der Waals surface area contributed by atoms with Gasteiger partial charge in [-0.25, -0.2) is 9.13 Å². The molecule has 5 atom stereocenters. The summed E-state index contributed by atoms with van der Waals surface area (Å²) in [6, 6.07) is 0. The molecule has 0 aliphatic carbocycles. The van der Waals surface area contributed by atoms with Gasteiger partial charge in [-0.2, -0.15) is 0 Å². The first-order valence-corrected chi connectivity index (χ1v) is 46.3. The van der Waals surface area contributed by atoms with E-state index in [4.69, 9.17) is 37.0 Å². The van der Waals surface area contributed by atoms with E-state index in [9.17, 15) is 43.2 Å². The first-order chi connectivity index (χ1) is 50.4. The number of allylic oxidation sites excluding steroid dienone is 4. The molecule has 0 heterocycles. The predicted octanol–water partition coefficient (Wildman–Crippen LogP) is 25.4. The second-order valence-electron chi connectivity index (χ2n) is 30.8. The molecule has 0 aromatic rings. The number of hydrogen-bond acceptors (Lipinski definition) is 15. The van der Waals surface area contributed by atoms with E-state index in [1.807, 2.05) is 0 Å². The van der Waals surface area contributed by atoms with Crippen LogP contribution in [0.2, 0.25) is 0 Å². The Kier molecular flexibility index (Phi) is 74.1. The van der Waals surface area contributed by atoms with Crippen molar-refractivity contribution in [1.29, 1.82) is 0 Å². The summed E-state index contributed by atoms with van der Waals surface area (Å²) < 4.78 is 68.8. The Labute approximate surface area is 637 Å². The van der Waals surface area contributed by atoms with Crippen LogP contribution >= 0.6 is 15.6 Å². The summed E-state index contributed by atoms with van der Waals surface area (Å²) >= 11 is 0. The molecule has 0 spiro atoms. The van der Waals surface area contributed by atoms with Crippen molar-refractivity contribution in [3.8, 4) is 0 Å². The second-order valence-corrected chi connectivity index (χ2v) is 33.7. The number of unbranched alkanes of at least 4 members (excludes halogenated alkanes) is 49. The lowest BCUT2D eigenvalue weighted by molar-refractivity contribution is -0.161. The molecule has 0 aromatic carbocycles. The number of phosphoric acid groups is 2. The number of ether oxygens (including phenoxy) is 4. The highest BCUT2D eigenvalue weighted by Crippen LogP contribution is 2.45. The Hall–Kier alpha value is -2.46. The number of carbonyl (C=O) groups excluding carboxylic acids is 4. The zero-order valence-electron chi connectivity index (χ0n) is 67.8. The maximum absolute atomic E-state index is 13.1. The highest BCUT2D eigenvalue weighted by atomic mass is 31.2. The molecule has 104 heavy (non-hydrogen) atoms. The molecule has 2 unspecified atom stereocenters. The Morgan fingerprint density at radius 3 is 0.788 bits per heavy atom. The van der Waals surface area contributed by atoms with Crippen molar-refractivity contribution in [2.75, 3.05) is 39.6 Å². The summed E-state index contributed by atoms with van der Waals surface area (Å²) in [5.41, 5.74) is 0. The van der Waals surface area contributed by atoms with Gasteiger partial charge in [-0.15, -0.1) is 0 Å². The third-order valence-corrected chi connectivity index (χ3v) is 21.2. The molecule has 0 saturated heterocycles. The topological polar surface area (TPSA) is 237 Å². The minimum Gasteiger partial charge on any atom is -0.462 e. The summed E-state index contributed by atoms with van der Waals surface area (Å²) in [5, 5.41) is 10.7. The van der Waals surface area contributed by atoms with Gasteiger partial charge in [0.15, 0.2) is 12.2 Å². The van der Waals surface area contributed by atoms with Crippen LogP contribution in [0.25, 0.3) is 0 Å². The molecule has 0 rings (SSSR count). The van der Waals surface area contributed by atoms with Crippen LogP contribution < -0.4 is 0 Å². The molecule has 19 heteroatoms. The smallest absolute Gasteiger partial charge is 0.462 e. The van der Waals surface area contributed by atoms with Crippen LogP contribution in [0.5, 0.6) is 0 Å². The lowest BCUT2D eigenvalue weighted by Gasteiger charge is -2.21. The fourth-order valence-corrected chi connectivity index (χ4v) is 14.3. The fraction of sp³-hybridized carbons (Fsp3) is 0.906. The van der Waals surface area contributed by atoms with Crippen molar-refractivity contribution in [3.63, 3.8) is 0 Å². The van der Waals surface area contributed by atoms with Crippen LogP contribution in [0.3, 0.4) is 0 Å². The minimum atomic E-state index is -4.97. The molecule has 17 nitrogen and oxygen atoms in total. The summed E-state index contributed by atoms with van der Waals surface area (Å²) in [5.74, 6) is -0.526. The zero-order valence-corrected chi connectivity index (χ0v) is 69.6. The maximum atomic E-state index is 13.1. The van der Waals surface area contributed by atoms with Crippen molar-refractivity contribution in [2.24, 2.45) is 11.8 Å². The van der Waals surface area contributed by atoms with Crippen molar-refractivity contribution in [3.05, 3.63) is 24.3 Å². The normalized spacial score (nSPS) is 14.0. The van der Waals surface area contributed by atoms with E-state index in [2.05, 4.69) is 65.8 Å². The van der Waals surface area contributed by atoms with Gasteiger partial charge in [0.2, 0.25) is 0 Å². The van der Waals surface area contributed by atoms with E-state index in [-0.39, 0.29) is 25.7 Å². The predicted molar refractivity (Wildman–Crippen MR) is 427 cm³/mol. The van der Waals surface area contributed by atoms with E-state index < -0.39 is 97.5 Å². The summed E-state index contributed by atoms with van der Waals surface area (Å²) in [6.45, 7) is 9.65. The number of rotatable bonds is 82. The van der Waals surface area contributed by atoms with Crippen LogP contribution in [-0.4, -0.2) is 96.7 Å². The van der Waals surface area contributed by atoms with Crippen LogP contribution in [-0.2, 0) is 65.4 Å². The molecule has 0 bridgehead atoms. The van der Waals surface area contributed by atoms with E-state index in [0.717, 1.165) is 115 Å². The zero-order chi connectivity index (χ0) is 76.4. The summed E-state index contributed by atoms with van der Waals surface area (Å²) in [6.07, 6.45) is 70.1. The van der Waals surface area contributed by atoms with E-state index in [0.29, 0.717) is 25.7 Å². The minimum absolute atomic E-state index is 0.0857. The number of aliphatic hydroxyl groups excluding tert-OH is 1. The largest absolute Gasteiger partial charge is 0.472 e. The van der Waals surface area contributed by atoms with E-state index in [1.165, 1.54) is 231 Å². The van der Waals surface area contributed by atoms with Gasteiger partial charge in [0.1, 0.15) is 19.3 Å². The summed E-state index contributed by atoms with van der Waals surface area (Å²) in [4.78, 5) is 73.2. The van der Waals surface area contributed by atoms with Gasteiger partial charge < -0.3 is 33.8 Å². The quantitative estimate of drug-likeness (QED) is 0.0169. The number of aliphatic hydroxyl groups is 1. The number of phosphoric ester groups is 2. The monoisotopic (exact) mass is 1520 g/mol. The number of esters is 4. The molecule has 0 saturated carbocycles. The Morgan fingerprint density at radius 1 is 0.298 bits per heavy atom. The molecular weight excluding hydrogens is 1350 g/mol. The molecule has 0 radical (unpaired) electrons. The molecule has 614 valence electrons. The molecule has 3 N–H and O–H groups in total. The van der Waals surface area contributed by atoms with Gasteiger partial charge >= 0.3 is 39.5 Å². The first-order valence-electron chi connectivity index (χ1n) is 43.3. The van der Waals surface area contributed by atoms with Crippen molar-refractivity contribution in [2.45, 2.75) is 445 Å². The maximum Gasteiger partial charge on any atom is 0.472 e. The van der Waals surface area contributed by atoms with Crippen molar-refractivity contribution >= 4 is 39.5 Å². The van der Waals surface area contributed by atoms with Gasteiger partial charge in [0.05, 0.1) is 26.4 Å². The van der Waals surface area contributed by atoms with E-state index in [1.54, 1.807) is 0 Å². The van der Waals surface area contributed by atoms with Crippen molar-refractivity contribution < 1.29 is 80.2 Å². The van der Waals surface area contributed by atoms with Gasteiger partial charge in [-0.3, -0.25) is 37.3 Å². The van der Waals surface area contributed by atoms with Crippen LogP contribution in [0.4, 0.5) is 0 Å². The van der Waals surface area contributed by atoms with Crippen LogP contribution in [0.15, 0.2) is 24.3 Å². The molecule has 0 fully saturated rings. The Morgan fingerprint density at radius 2 is 0.519 bits per heavy atom. The lowest BCUT2D eigenvalue weighted by atomic mass is 10.0. The third-order valence-electron chi connectivity index (χ3n) is 19.3. The molecule has 0 amide bonds. The molecular formula is C85H162O17P2. The first kappa shape index (κ1) is 102. The highest BCUT2D eigenvalue weighted by Gasteiger charge is 2.30. The van der Waals surface area contributed by atoms with Crippen LogP contribution in [0.1, 0.15) is 427 Å². The standard InChI is InChI=1S/C85H162O17P2/c1-7-9-11-13-15-17-19-21-24-33-39-45-51-57-63-69-84(89)101-80(73-95-82(87)67-61-55-49-43-37-29-20-18-16-14-12-10-8-2)75-99-103(91,92)97-71-79(86)72-98-104(93,94)100-76-81(74-96-83(88)68-62-56-50-44-38-32-28-27-31-36-42-48-54-60-66-78(5)6)102-85(90)70-64-58-52-46-40-34-26-23-22-25-30-35-41-47-53-59-65-77(3)4/h17,19,21,24,77-81,86H,7-16,18,20,22-23,25-76H2,1-6H3,(H,91,92)(H,93,94)/b19-17-,24-21-/t79-,80+,81+/m0/s1. The number of hydrogen-bond donors (Lipinski definition) is 3. The van der Waals surface area contributed by atoms with Gasteiger partial charge in [0, 0.05) is 25.7 Å². The third kappa shape index (κ3) is 77.7. The average molecular weight is 1520 g/mol. The SMILES string of the molecule is CCCCCC/C=C\C=C/CCCCCCCC(=O)O[C@H](COC(=O)CCCCCCCCCCCCCCC)COP(=O)(O)OC[C@H](O)COP(=O)(O)OC[C@@H](COC(=O)CCCCCCCCCCCCCCCCC(C)C)OC(=O)CCCCCCCCCCCCCCCCCCC(C)C. The Balaban J connectivity index is 5.30. The van der Waals surface area contributed by atoms with Gasteiger partial charge in [-0.1, -0.05) is 374 Å². The van der Waals surface area contributed by atoms with Crippen LogP contribution in [0, 0.1) is 11.8 Å². The van der Waals surface area contributed by atoms with E-state index >= 15 is 0 Å². The van der Waals surface area contributed by atoms with Gasteiger partial charge in [0.25, 0.3) is 0 Å². The number of carbonyl (C=O) groups is 4. The highest BCUT2D eigenvalue weighted by molar-refractivity contribution is 7.47. The van der Waals surface area contributed by atoms with Crippen molar-refractivity contribution in [1.82, 2.24) is 0 Å². The molecule has 0 aromatic heterocycles.